The van der Waals surface area contributed by atoms with E-state index in [-0.39, 0.29) is 17.1 Å². The third-order valence-electron chi connectivity index (χ3n) is 5.66. The Kier molecular flexibility index (Phi) is 7.45. The van der Waals surface area contributed by atoms with Crippen molar-refractivity contribution < 1.29 is 26.5 Å². The number of halogens is 1. The summed E-state index contributed by atoms with van der Waals surface area (Å²) in [5.41, 5.74) is 6.15. The Balaban J connectivity index is 1.58. The highest BCUT2D eigenvalue weighted by atomic mass is 35.5. The quantitative estimate of drug-likeness (QED) is 0.289. The van der Waals surface area contributed by atoms with Gasteiger partial charge in [-0.25, -0.2) is 31.7 Å². The van der Waals surface area contributed by atoms with Crippen LogP contribution < -0.4 is 20.9 Å². The number of hydrogen-bond acceptors (Lipinski definition) is 9. The van der Waals surface area contributed by atoms with Crippen molar-refractivity contribution in [1.29, 1.82) is 0 Å². The van der Waals surface area contributed by atoms with Crippen molar-refractivity contribution >= 4 is 54.8 Å². The molecule has 1 aromatic heterocycles. The van der Waals surface area contributed by atoms with Crippen LogP contribution >= 0.6 is 11.6 Å². The SMILES string of the molecule is CS(=O)(=O)NC[C@@]1(C(=O)Nc2ccc(-c3ccccc3S(N)(=O)=O)cn2)CC(c2ccc(Cl)c(N)c2)=NO1. The van der Waals surface area contributed by atoms with Crippen LogP contribution in [0.2, 0.25) is 5.02 Å². The van der Waals surface area contributed by atoms with E-state index in [1.54, 1.807) is 42.5 Å². The molecule has 2 heterocycles. The summed E-state index contributed by atoms with van der Waals surface area (Å²) in [5, 5.41) is 12.3. The summed E-state index contributed by atoms with van der Waals surface area (Å²) in [5.74, 6) is -0.599. The minimum absolute atomic E-state index is 0.0729. The molecule has 0 saturated carbocycles. The molecule has 3 aromatic rings. The normalized spacial score (nSPS) is 17.5. The van der Waals surface area contributed by atoms with Crippen molar-refractivity contribution in [2.45, 2.75) is 16.9 Å². The molecule has 15 heteroatoms. The van der Waals surface area contributed by atoms with Gasteiger partial charge >= 0.3 is 0 Å². The lowest BCUT2D eigenvalue weighted by Gasteiger charge is -2.25. The average Bonchev–Trinajstić information content (AvgIpc) is 3.30. The van der Waals surface area contributed by atoms with Gasteiger partial charge in [0.15, 0.2) is 0 Å². The number of amides is 1. The fraction of sp³-hybridized carbons (Fsp3) is 0.174. The van der Waals surface area contributed by atoms with E-state index in [0.29, 0.717) is 33.1 Å². The van der Waals surface area contributed by atoms with Crippen molar-refractivity contribution in [3.8, 4) is 11.1 Å². The third kappa shape index (κ3) is 6.11. The van der Waals surface area contributed by atoms with E-state index >= 15 is 0 Å². The van der Waals surface area contributed by atoms with Gasteiger partial charge in [0.25, 0.3) is 5.91 Å². The molecule has 0 radical (unpaired) electrons. The number of nitrogen functional groups attached to an aromatic ring is 1. The predicted octanol–water partition coefficient (Wildman–Crippen LogP) is 1.68. The summed E-state index contributed by atoms with van der Waals surface area (Å²) in [6.07, 6.45) is 2.24. The van der Waals surface area contributed by atoms with Crippen LogP contribution in [0.15, 0.2) is 70.8 Å². The maximum Gasteiger partial charge on any atom is 0.274 e. The second kappa shape index (κ2) is 10.3. The molecular formula is C23H23ClN6O6S2. The molecule has 0 saturated heterocycles. The van der Waals surface area contributed by atoms with Gasteiger partial charge < -0.3 is 15.9 Å². The highest BCUT2D eigenvalue weighted by molar-refractivity contribution is 7.89. The van der Waals surface area contributed by atoms with E-state index in [4.69, 9.17) is 27.3 Å². The predicted molar refractivity (Wildman–Crippen MR) is 143 cm³/mol. The molecule has 0 unspecified atom stereocenters. The minimum atomic E-state index is -3.98. The summed E-state index contributed by atoms with van der Waals surface area (Å²) in [4.78, 5) is 23.0. The number of sulfonamides is 2. The maximum absolute atomic E-state index is 13.4. The van der Waals surface area contributed by atoms with Crippen molar-refractivity contribution in [3.63, 3.8) is 0 Å². The fourth-order valence-electron chi connectivity index (χ4n) is 3.71. The molecule has 6 N–H and O–H groups in total. The molecule has 1 atom stereocenters. The second-order valence-corrected chi connectivity index (χ2v) is 12.3. The molecular weight excluding hydrogens is 556 g/mol. The average molecular weight is 579 g/mol. The number of nitrogens with one attached hydrogen (secondary N) is 2. The lowest BCUT2D eigenvalue weighted by molar-refractivity contribution is -0.137. The van der Waals surface area contributed by atoms with E-state index in [1.807, 2.05) is 0 Å². The van der Waals surface area contributed by atoms with Gasteiger partial charge in [-0.3, -0.25) is 4.79 Å². The Bertz CT molecular complexity index is 1650. The first-order valence-electron chi connectivity index (χ1n) is 10.9. The number of rotatable bonds is 8. The van der Waals surface area contributed by atoms with Gasteiger partial charge in [0.1, 0.15) is 5.82 Å². The lowest BCUT2D eigenvalue weighted by Crippen LogP contribution is -2.51. The van der Waals surface area contributed by atoms with Crippen LogP contribution in [0.25, 0.3) is 11.1 Å². The molecule has 12 nitrogen and oxygen atoms in total. The van der Waals surface area contributed by atoms with Crippen LogP contribution in [-0.2, 0) is 29.7 Å². The number of nitrogens with two attached hydrogens (primary N) is 2. The standard InChI is InChI=1S/C23H23ClN6O6S2/c1-37(32,33)28-13-23(11-19(30-36-23)14-6-8-17(24)18(25)10-14)22(31)29-21-9-7-15(12-27-21)16-4-2-3-5-20(16)38(26,34)35/h2-10,12,28H,11,13,25H2,1H3,(H2,26,34,35)(H,27,29,31)/t23-/m1/s1. The zero-order valence-corrected chi connectivity index (χ0v) is 22.3. The Morgan fingerprint density at radius 2 is 1.82 bits per heavy atom. The maximum atomic E-state index is 13.4. The summed E-state index contributed by atoms with van der Waals surface area (Å²) < 4.78 is 49.7. The Morgan fingerprint density at radius 3 is 2.45 bits per heavy atom. The molecule has 0 bridgehead atoms. The van der Waals surface area contributed by atoms with Crippen molar-refractivity contribution in [2.75, 3.05) is 23.9 Å². The Morgan fingerprint density at radius 1 is 1.11 bits per heavy atom. The highest BCUT2D eigenvalue weighted by Gasteiger charge is 2.47. The Labute approximate surface area is 224 Å². The number of aromatic nitrogens is 1. The van der Waals surface area contributed by atoms with Gasteiger partial charge in [0.2, 0.25) is 25.6 Å². The number of hydrogen-bond donors (Lipinski definition) is 4. The number of carbonyl (C=O) groups is 1. The molecule has 0 spiro atoms. The van der Waals surface area contributed by atoms with Gasteiger partial charge in [-0.05, 0) is 30.3 Å². The third-order valence-corrected chi connectivity index (χ3v) is 7.64. The number of benzene rings is 2. The lowest BCUT2D eigenvalue weighted by atomic mass is 9.93. The zero-order valence-electron chi connectivity index (χ0n) is 19.9. The number of primary sulfonamides is 1. The smallest absolute Gasteiger partial charge is 0.274 e. The van der Waals surface area contributed by atoms with Crippen LogP contribution in [0.1, 0.15) is 12.0 Å². The number of carbonyl (C=O) groups excluding carboxylic acids is 1. The van der Waals surface area contributed by atoms with Gasteiger partial charge in [-0.15, -0.1) is 0 Å². The van der Waals surface area contributed by atoms with Gasteiger partial charge in [-0.2, -0.15) is 0 Å². The first-order chi connectivity index (χ1) is 17.8. The number of oxime groups is 1. The summed E-state index contributed by atoms with van der Waals surface area (Å²) in [6.45, 7) is -0.409. The van der Waals surface area contributed by atoms with Crippen LogP contribution in [0.3, 0.4) is 0 Å². The van der Waals surface area contributed by atoms with E-state index in [1.165, 1.54) is 18.3 Å². The van der Waals surface area contributed by atoms with Crippen molar-refractivity contribution in [3.05, 3.63) is 71.4 Å². The second-order valence-electron chi connectivity index (χ2n) is 8.56. The molecule has 1 aliphatic rings. The number of anilines is 2. The van der Waals surface area contributed by atoms with E-state index in [0.717, 1.165) is 6.26 Å². The van der Waals surface area contributed by atoms with Crippen LogP contribution in [0, 0.1) is 0 Å². The van der Waals surface area contributed by atoms with Crippen molar-refractivity contribution in [2.24, 2.45) is 10.3 Å². The van der Waals surface area contributed by atoms with Crippen LogP contribution in [-0.4, -0.2) is 51.8 Å². The number of nitrogens with zero attached hydrogens (tertiary/aromatic N) is 2. The monoisotopic (exact) mass is 578 g/mol. The summed E-state index contributed by atoms with van der Waals surface area (Å²) in [7, 11) is -7.66. The fourth-order valence-corrected chi connectivity index (χ4v) is 5.08. The molecule has 0 aliphatic carbocycles. The zero-order chi connectivity index (χ0) is 27.7. The molecule has 200 valence electrons. The minimum Gasteiger partial charge on any atom is -0.398 e. The van der Waals surface area contributed by atoms with Crippen molar-refractivity contribution in [1.82, 2.24) is 9.71 Å². The molecule has 1 aliphatic heterocycles. The number of pyridine rings is 1. The molecule has 2 aromatic carbocycles. The first-order valence-corrected chi connectivity index (χ1v) is 14.7. The van der Waals surface area contributed by atoms with E-state index < -0.39 is 38.1 Å². The van der Waals surface area contributed by atoms with Crippen LogP contribution in [0.4, 0.5) is 11.5 Å². The molecule has 0 fully saturated rings. The Hall–Kier alpha value is -3.56. The summed E-state index contributed by atoms with van der Waals surface area (Å²) in [6, 6.07) is 14.0. The highest BCUT2D eigenvalue weighted by Crippen LogP contribution is 2.31. The van der Waals surface area contributed by atoms with Gasteiger partial charge in [-0.1, -0.05) is 41.0 Å². The van der Waals surface area contributed by atoms with E-state index in [9.17, 15) is 21.6 Å². The topological polar surface area (TPSA) is 196 Å². The van der Waals surface area contributed by atoms with Crippen LogP contribution in [0.5, 0.6) is 0 Å². The largest absolute Gasteiger partial charge is 0.398 e. The first kappa shape index (κ1) is 27.5. The van der Waals surface area contributed by atoms with Gasteiger partial charge in [0.05, 0.1) is 34.1 Å². The summed E-state index contributed by atoms with van der Waals surface area (Å²) >= 11 is 5.99. The molecule has 38 heavy (non-hydrogen) atoms. The van der Waals surface area contributed by atoms with E-state index in [2.05, 4.69) is 20.2 Å². The molecule has 1 amide bonds. The van der Waals surface area contributed by atoms with Gasteiger partial charge in [0, 0.05) is 29.3 Å². The molecule has 4 rings (SSSR count).